The summed E-state index contributed by atoms with van der Waals surface area (Å²) in [5.74, 6) is -0.277. The number of aryl methyl sites for hydroxylation is 1. The summed E-state index contributed by atoms with van der Waals surface area (Å²) >= 11 is 1.40. The predicted molar refractivity (Wildman–Crippen MR) is 139 cm³/mol. The lowest BCUT2D eigenvalue weighted by molar-refractivity contribution is 0.0528. The SMILES string of the molecule is CCOC(=O)c1cc(CC)sc1NC(=O)c1cc(-c2ccc(C(C)C)cc2)nc2ccccc12. The van der Waals surface area contributed by atoms with Crippen molar-refractivity contribution in [3.05, 3.63) is 82.2 Å². The Morgan fingerprint density at radius 2 is 1.74 bits per heavy atom. The van der Waals surface area contributed by atoms with E-state index < -0.39 is 5.97 Å². The van der Waals surface area contributed by atoms with Crippen molar-refractivity contribution in [2.45, 2.75) is 40.0 Å². The Bertz CT molecular complexity index is 1340. The summed E-state index contributed by atoms with van der Waals surface area (Å²) in [6.07, 6.45) is 0.766. The molecule has 5 nitrogen and oxygen atoms in total. The lowest BCUT2D eigenvalue weighted by Gasteiger charge is -2.12. The Morgan fingerprint density at radius 3 is 2.41 bits per heavy atom. The van der Waals surface area contributed by atoms with Crippen LogP contribution in [0.1, 0.15) is 64.8 Å². The van der Waals surface area contributed by atoms with Gasteiger partial charge in [0.2, 0.25) is 0 Å². The van der Waals surface area contributed by atoms with Crippen LogP contribution < -0.4 is 5.32 Å². The van der Waals surface area contributed by atoms with Gasteiger partial charge in [-0.15, -0.1) is 11.3 Å². The zero-order valence-corrected chi connectivity index (χ0v) is 20.7. The molecule has 0 fully saturated rings. The molecular formula is C28H28N2O3S. The fraction of sp³-hybridized carbons (Fsp3) is 0.250. The first kappa shape index (κ1) is 23.6. The summed E-state index contributed by atoms with van der Waals surface area (Å²) in [6, 6.07) is 19.5. The highest BCUT2D eigenvalue weighted by Gasteiger charge is 2.21. The van der Waals surface area contributed by atoms with Crippen LogP contribution >= 0.6 is 11.3 Å². The van der Waals surface area contributed by atoms with E-state index in [1.165, 1.54) is 16.9 Å². The number of fused-ring (bicyclic) bond motifs is 1. The minimum atomic E-state index is -0.431. The largest absolute Gasteiger partial charge is 0.462 e. The molecule has 1 N–H and O–H groups in total. The van der Waals surface area contributed by atoms with Crippen LogP contribution in [-0.2, 0) is 11.2 Å². The molecule has 6 heteroatoms. The van der Waals surface area contributed by atoms with Crippen LogP contribution in [0, 0.1) is 0 Å². The smallest absolute Gasteiger partial charge is 0.341 e. The number of nitrogens with one attached hydrogen (secondary N) is 1. The number of nitrogens with zero attached hydrogens (tertiary/aromatic N) is 1. The Labute approximate surface area is 203 Å². The van der Waals surface area contributed by atoms with Crippen LogP contribution in [0.5, 0.6) is 0 Å². The number of carbonyl (C=O) groups is 2. The number of esters is 1. The van der Waals surface area contributed by atoms with E-state index in [9.17, 15) is 9.59 Å². The lowest BCUT2D eigenvalue weighted by Crippen LogP contribution is -2.15. The number of amides is 1. The number of hydrogen-bond acceptors (Lipinski definition) is 5. The Morgan fingerprint density at radius 1 is 1.00 bits per heavy atom. The van der Waals surface area contributed by atoms with Crippen molar-refractivity contribution in [1.82, 2.24) is 4.98 Å². The van der Waals surface area contributed by atoms with Gasteiger partial charge in [0.1, 0.15) is 5.00 Å². The van der Waals surface area contributed by atoms with Crippen LogP contribution in [-0.4, -0.2) is 23.5 Å². The highest BCUT2D eigenvalue weighted by atomic mass is 32.1. The Kier molecular flexibility index (Phi) is 7.08. The monoisotopic (exact) mass is 472 g/mol. The maximum atomic E-state index is 13.5. The minimum Gasteiger partial charge on any atom is -0.462 e. The molecule has 0 unspecified atom stereocenters. The van der Waals surface area contributed by atoms with Crippen molar-refractivity contribution in [3.8, 4) is 11.3 Å². The molecule has 0 saturated heterocycles. The number of aromatic nitrogens is 1. The molecule has 0 aliphatic heterocycles. The Balaban J connectivity index is 1.75. The second-order valence-corrected chi connectivity index (χ2v) is 9.47. The average molecular weight is 473 g/mol. The molecule has 4 aromatic rings. The second-order valence-electron chi connectivity index (χ2n) is 8.33. The summed E-state index contributed by atoms with van der Waals surface area (Å²) in [5.41, 5.74) is 4.56. The maximum Gasteiger partial charge on any atom is 0.341 e. The molecule has 0 radical (unpaired) electrons. The van der Waals surface area contributed by atoms with E-state index in [1.54, 1.807) is 13.0 Å². The quantitative estimate of drug-likeness (QED) is 0.292. The van der Waals surface area contributed by atoms with Gasteiger partial charge in [0.15, 0.2) is 0 Å². The third-order valence-corrected chi connectivity index (χ3v) is 6.88. The van der Waals surface area contributed by atoms with E-state index in [0.29, 0.717) is 22.0 Å². The number of para-hydroxylation sites is 1. The Hall–Kier alpha value is -3.51. The number of anilines is 1. The van der Waals surface area contributed by atoms with Gasteiger partial charge >= 0.3 is 5.97 Å². The number of pyridine rings is 1. The van der Waals surface area contributed by atoms with Gasteiger partial charge in [-0.1, -0.05) is 63.2 Å². The van der Waals surface area contributed by atoms with Gasteiger partial charge in [-0.2, -0.15) is 0 Å². The predicted octanol–water partition coefficient (Wildman–Crippen LogP) is 7.08. The van der Waals surface area contributed by atoms with E-state index >= 15 is 0 Å². The molecule has 4 rings (SSSR count). The van der Waals surface area contributed by atoms with Gasteiger partial charge in [-0.05, 0) is 43.0 Å². The number of ether oxygens (including phenoxy) is 1. The van der Waals surface area contributed by atoms with E-state index in [-0.39, 0.29) is 12.5 Å². The van der Waals surface area contributed by atoms with Crippen molar-refractivity contribution in [3.63, 3.8) is 0 Å². The van der Waals surface area contributed by atoms with Crippen LogP contribution in [0.15, 0.2) is 60.7 Å². The van der Waals surface area contributed by atoms with E-state index in [4.69, 9.17) is 9.72 Å². The number of thiophene rings is 1. The molecule has 34 heavy (non-hydrogen) atoms. The van der Waals surface area contributed by atoms with E-state index in [0.717, 1.165) is 33.5 Å². The number of hydrogen-bond donors (Lipinski definition) is 1. The molecular weight excluding hydrogens is 444 g/mol. The highest BCUT2D eigenvalue weighted by molar-refractivity contribution is 7.16. The summed E-state index contributed by atoms with van der Waals surface area (Å²) in [7, 11) is 0. The van der Waals surface area contributed by atoms with Gasteiger partial charge in [0.25, 0.3) is 5.91 Å². The first-order chi connectivity index (χ1) is 16.4. The molecule has 0 spiro atoms. The third-order valence-electron chi connectivity index (χ3n) is 5.69. The zero-order chi connectivity index (χ0) is 24.2. The maximum absolute atomic E-state index is 13.5. The fourth-order valence-corrected chi connectivity index (χ4v) is 4.77. The van der Waals surface area contributed by atoms with Gasteiger partial charge in [-0.25, -0.2) is 9.78 Å². The van der Waals surface area contributed by atoms with Crippen LogP contribution in [0.3, 0.4) is 0 Å². The summed E-state index contributed by atoms with van der Waals surface area (Å²) < 4.78 is 5.19. The molecule has 1 amide bonds. The standard InChI is InChI=1S/C28H28N2O3S/c1-5-20-15-23(28(32)33-6-2)27(34-20)30-26(31)22-16-25(29-24-10-8-7-9-21(22)24)19-13-11-18(12-14-19)17(3)4/h7-17H,5-6H2,1-4H3,(H,30,31). The molecule has 2 heterocycles. The van der Waals surface area contributed by atoms with Crippen molar-refractivity contribution in [1.29, 1.82) is 0 Å². The molecule has 0 saturated carbocycles. The van der Waals surface area contributed by atoms with E-state index in [1.807, 2.05) is 49.4 Å². The molecule has 0 aliphatic rings. The highest BCUT2D eigenvalue weighted by Crippen LogP contribution is 2.31. The molecule has 0 bridgehead atoms. The average Bonchev–Trinajstić information content (AvgIpc) is 3.26. The van der Waals surface area contributed by atoms with Gasteiger partial charge in [-0.3, -0.25) is 4.79 Å². The first-order valence-electron chi connectivity index (χ1n) is 11.5. The van der Waals surface area contributed by atoms with Gasteiger partial charge in [0, 0.05) is 15.8 Å². The molecule has 174 valence electrons. The second kappa shape index (κ2) is 10.2. The lowest BCUT2D eigenvalue weighted by atomic mass is 9.99. The van der Waals surface area contributed by atoms with Crippen molar-refractivity contribution < 1.29 is 14.3 Å². The van der Waals surface area contributed by atoms with Gasteiger partial charge in [0.05, 0.1) is 28.9 Å². The van der Waals surface area contributed by atoms with Crippen LogP contribution in [0.25, 0.3) is 22.2 Å². The number of carbonyl (C=O) groups excluding carboxylic acids is 2. The fourth-order valence-electron chi connectivity index (χ4n) is 3.79. The van der Waals surface area contributed by atoms with Crippen molar-refractivity contribution >= 4 is 39.1 Å². The molecule has 2 aromatic heterocycles. The van der Waals surface area contributed by atoms with Gasteiger partial charge < -0.3 is 10.1 Å². The first-order valence-corrected chi connectivity index (χ1v) is 12.3. The third kappa shape index (κ3) is 4.87. The van der Waals surface area contributed by atoms with Crippen molar-refractivity contribution in [2.24, 2.45) is 0 Å². The van der Waals surface area contributed by atoms with Crippen LogP contribution in [0.2, 0.25) is 0 Å². The number of rotatable bonds is 7. The van der Waals surface area contributed by atoms with Crippen molar-refractivity contribution in [2.75, 3.05) is 11.9 Å². The normalized spacial score (nSPS) is 11.1. The molecule has 2 aromatic carbocycles. The topological polar surface area (TPSA) is 68.3 Å². The summed E-state index contributed by atoms with van der Waals surface area (Å²) in [5, 5.41) is 4.23. The number of benzene rings is 2. The summed E-state index contributed by atoms with van der Waals surface area (Å²) in [4.78, 5) is 31.8. The minimum absolute atomic E-state index is 0.275. The molecule has 0 atom stereocenters. The summed E-state index contributed by atoms with van der Waals surface area (Å²) in [6.45, 7) is 8.37. The van der Waals surface area contributed by atoms with E-state index in [2.05, 4.69) is 31.3 Å². The molecule has 0 aliphatic carbocycles. The zero-order valence-electron chi connectivity index (χ0n) is 19.8. The van der Waals surface area contributed by atoms with Crippen LogP contribution in [0.4, 0.5) is 5.00 Å².